The zero-order valence-corrected chi connectivity index (χ0v) is 48.1. The topological polar surface area (TPSA) is 282 Å². The van der Waals surface area contributed by atoms with E-state index in [9.17, 15) is 45.0 Å². The Hall–Kier alpha value is -7.91. The molecule has 11 rings (SSSR count). The van der Waals surface area contributed by atoms with Gasteiger partial charge < -0.3 is 81.5 Å². The van der Waals surface area contributed by atoms with Gasteiger partial charge in [-0.15, -0.1) is 0 Å². The summed E-state index contributed by atoms with van der Waals surface area (Å²) in [5.74, 6) is -0.775. The van der Waals surface area contributed by atoms with Crippen molar-refractivity contribution in [1.82, 2.24) is 31.9 Å². The molecule has 0 aromatic heterocycles. The highest BCUT2D eigenvalue weighted by Gasteiger charge is 2.52. The van der Waals surface area contributed by atoms with Crippen molar-refractivity contribution in [3.63, 3.8) is 0 Å². The standard InChI is InChI=1S/C24H30N2O3.C22H26N2O5.C19H22N2O5/c1-15-5-9-17(10-6-15)13-19-21-22(29-24(3,4)28-21)20(26-23(27)25-19)14-18-11-7-16(2)8-12-18;1-22(2)28-19-17(11-13-3-7-15(25)8-4-13)23-21(27)24-18(20(19)29-22)12-14-5-9-16(26)10-6-14;22-13-5-1-11(2-6-13)9-15-17(24)18(25)16(21-19(26)20-15)10-12-3-7-14(23)8-4-12/h5-12,19-22H,13-14H2,1-4H3,(H2,25,26,27);3-10,17-20,25-26H,11-12H2,1-2H3,(H2,23,24,27);1-8,15-18,22-25H,9-10H2,(H2,20,21,26)/t19-,20-,21+,22+;17-,18-,19+,20+;15-,16-,17+,18+/m111/s1. The summed E-state index contributed by atoms with van der Waals surface area (Å²) in [4.78, 5) is 37.4. The lowest BCUT2D eigenvalue weighted by Gasteiger charge is -2.27. The number of urea groups is 3. The number of aromatic hydroxyl groups is 4. The number of fused-ring (bicyclic) bond motifs is 2. The van der Waals surface area contributed by atoms with Gasteiger partial charge in [0.15, 0.2) is 11.6 Å². The van der Waals surface area contributed by atoms with Crippen LogP contribution in [0.5, 0.6) is 23.0 Å². The molecule has 0 aliphatic carbocycles. The maximum atomic E-state index is 12.7. The second-order valence-electron chi connectivity index (χ2n) is 23.5. The average molecular weight is 1150 g/mol. The number of amides is 6. The first-order valence-electron chi connectivity index (χ1n) is 28.5. The van der Waals surface area contributed by atoms with E-state index in [0.717, 1.165) is 22.3 Å². The third-order valence-electron chi connectivity index (χ3n) is 15.7. The smallest absolute Gasteiger partial charge is 0.315 e. The number of benzene rings is 6. The van der Waals surface area contributed by atoms with Gasteiger partial charge in [-0.3, -0.25) is 0 Å². The summed E-state index contributed by atoms with van der Waals surface area (Å²) in [6.45, 7) is 11.8. The molecule has 6 aromatic rings. The zero-order chi connectivity index (χ0) is 59.9. The number of rotatable bonds is 12. The van der Waals surface area contributed by atoms with Crippen LogP contribution in [0, 0.1) is 13.8 Å². The average Bonchev–Trinajstić information content (AvgIpc) is 3.19. The molecule has 5 aliphatic heterocycles. The molecule has 6 amide bonds. The largest absolute Gasteiger partial charge is 0.508 e. The molecule has 12 N–H and O–H groups in total. The van der Waals surface area contributed by atoms with Crippen molar-refractivity contribution in [2.75, 3.05) is 0 Å². The van der Waals surface area contributed by atoms with E-state index in [1.165, 1.54) is 46.5 Å². The lowest BCUT2D eigenvalue weighted by Crippen LogP contribution is -2.49. The summed E-state index contributed by atoms with van der Waals surface area (Å²) in [6, 6.07) is 40.5. The highest BCUT2D eigenvalue weighted by molar-refractivity contribution is 5.76. The first-order chi connectivity index (χ1) is 40.0. The Morgan fingerprint density at radius 3 is 0.714 bits per heavy atom. The quantitative estimate of drug-likeness (QED) is 0.0604. The van der Waals surface area contributed by atoms with Crippen molar-refractivity contribution in [1.29, 1.82) is 0 Å². The number of aliphatic hydroxyl groups excluding tert-OH is 2. The molecule has 84 heavy (non-hydrogen) atoms. The highest BCUT2D eigenvalue weighted by Crippen LogP contribution is 2.37. The van der Waals surface area contributed by atoms with Gasteiger partial charge >= 0.3 is 18.1 Å². The fraction of sp³-hybridized carbons (Fsp3) is 0.400. The number of nitrogens with one attached hydrogen (secondary N) is 6. The first-order valence-corrected chi connectivity index (χ1v) is 28.5. The second kappa shape index (κ2) is 26.3. The molecule has 5 fully saturated rings. The van der Waals surface area contributed by atoms with Crippen LogP contribution in [0.25, 0.3) is 0 Å². The molecule has 6 aromatic carbocycles. The van der Waals surface area contributed by atoms with E-state index in [0.29, 0.717) is 38.5 Å². The van der Waals surface area contributed by atoms with E-state index in [1.807, 2.05) is 52.0 Å². The molecule has 0 saturated carbocycles. The van der Waals surface area contributed by atoms with Crippen molar-refractivity contribution in [3.8, 4) is 23.0 Å². The second-order valence-corrected chi connectivity index (χ2v) is 23.5. The van der Waals surface area contributed by atoms with Crippen LogP contribution >= 0.6 is 0 Å². The molecule has 446 valence electrons. The maximum absolute atomic E-state index is 12.7. The molecule has 5 aliphatic rings. The number of phenolic OH excluding ortho intramolecular Hbond substituents is 4. The summed E-state index contributed by atoms with van der Waals surface area (Å²) in [7, 11) is 0. The Bertz CT molecular complexity index is 2800. The summed E-state index contributed by atoms with van der Waals surface area (Å²) < 4.78 is 25.0. The van der Waals surface area contributed by atoms with Gasteiger partial charge in [0.2, 0.25) is 0 Å². The van der Waals surface area contributed by atoms with Crippen LogP contribution < -0.4 is 31.9 Å². The fourth-order valence-electron chi connectivity index (χ4n) is 11.5. The lowest BCUT2D eigenvalue weighted by atomic mass is 9.92. The predicted molar refractivity (Wildman–Crippen MR) is 314 cm³/mol. The molecule has 12 atom stereocenters. The highest BCUT2D eigenvalue weighted by atomic mass is 16.8. The number of aliphatic hydroxyl groups is 2. The van der Waals surface area contributed by atoms with Crippen molar-refractivity contribution in [2.45, 2.75) is 165 Å². The van der Waals surface area contributed by atoms with Gasteiger partial charge in [-0.1, -0.05) is 108 Å². The minimum absolute atomic E-state index is 0.134. The fourth-order valence-corrected chi connectivity index (χ4v) is 11.5. The van der Waals surface area contributed by atoms with Crippen molar-refractivity contribution in [3.05, 3.63) is 190 Å². The normalized spacial score (nSPS) is 27.5. The summed E-state index contributed by atoms with van der Waals surface area (Å²) in [5, 5.41) is 76.5. The molecule has 19 heteroatoms. The first kappa shape index (κ1) is 60.7. The van der Waals surface area contributed by atoms with E-state index in [-0.39, 0.29) is 83.6 Å². The summed E-state index contributed by atoms with van der Waals surface area (Å²) in [5.41, 5.74) is 8.38. The summed E-state index contributed by atoms with van der Waals surface area (Å²) in [6.07, 6.45) is -0.288. The number of hydrogen-bond acceptors (Lipinski definition) is 13. The van der Waals surface area contributed by atoms with Gasteiger partial charge in [0, 0.05) is 0 Å². The van der Waals surface area contributed by atoms with Crippen LogP contribution in [0.1, 0.15) is 72.2 Å². The van der Waals surface area contributed by atoms with Crippen LogP contribution in [0.3, 0.4) is 0 Å². The van der Waals surface area contributed by atoms with Crippen LogP contribution in [-0.4, -0.2) is 133 Å². The van der Waals surface area contributed by atoms with E-state index in [2.05, 4.69) is 94.3 Å². The van der Waals surface area contributed by atoms with Crippen LogP contribution in [-0.2, 0) is 57.5 Å². The van der Waals surface area contributed by atoms with Crippen LogP contribution in [0.4, 0.5) is 14.4 Å². The minimum Gasteiger partial charge on any atom is -0.508 e. The minimum atomic E-state index is -1.16. The third kappa shape index (κ3) is 16.2. The zero-order valence-electron chi connectivity index (χ0n) is 48.1. The van der Waals surface area contributed by atoms with E-state index < -0.39 is 41.9 Å². The SMILES string of the molecule is CC1(C)O[C@@H]2[C@@H](O1)[C@@H](Cc1ccc(O)cc1)NC(=O)N[C@@H]2Cc1ccc(O)cc1.Cc1ccc(C[C@H]2NC(=O)N[C@H](Cc3ccc(C)cc3)[C@@H]3OC(C)(C)O[C@H]32)cc1.O=C1N[C@H](Cc2ccc(O)cc2)[C@H](O)[C@@H](O)[C@@H](Cc2ccc(O)cc2)N1. The number of ether oxygens (including phenoxy) is 4. The van der Waals surface area contributed by atoms with Crippen LogP contribution in [0.2, 0.25) is 0 Å². The van der Waals surface area contributed by atoms with Gasteiger partial charge in [-0.25, -0.2) is 14.4 Å². The van der Waals surface area contributed by atoms with Gasteiger partial charge in [-0.2, -0.15) is 0 Å². The summed E-state index contributed by atoms with van der Waals surface area (Å²) >= 11 is 0. The molecule has 5 heterocycles. The van der Waals surface area contributed by atoms with Crippen molar-refractivity contribution < 1.29 is 64.0 Å². The van der Waals surface area contributed by atoms with Gasteiger partial charge in [0.1, 0.15) is 59.6 Å². The van der Waals surface area contributed by atoms with Crippen LogP contribution in [0.15, 0.2) is 146 Å². The predicted octanol–water partition coefficient (Wildman–Crippen LogP) is 6.77. The molecule has 0 radical (unpaired) electrons. The Morgan fingerprint density at radius 1 is 0.321 bits per heavy atom. The van der Waals surface area contributed by atoms with Crippen molar-refractivity contribution in [2.24, 2.45) is 0 Å². The van der Waals surface area contributed by atoms with Gasteiger partial charge in [-0.05, 0) is 162 Å². The Morgan fingerprint density at radius 2 is 0.500 bits per heavy atom. The Balaban J connectivity index is 0.000000151. The Labute approximate surface area is 489 Å². The van der Waals surface area contributed by atoms with Gasteiger partial charge in [0.05, 0.1) is 36.3 Å². The van der Waals surface area contributed by atoms with E-state index >= 15 is 0 Å². The van der Waals surface area contributed by atoms with E-state index in [4.69, 9.17) is 18.9 Å². The monoisotopic (exact) mass is 1150 g/mol. The number of phenols is 4. The number of carbonyl (C=O) groups is 3. The molecule has 0 spiro atoms. The number of hydrogen-bond donors (Lipinski definition) is 12. The molecule has 0 bridgehead atoms. The molecule has 0 unspecified atom stereocenters. The molecule has 19 nitrogen and oxygen atoms in total. The van der Waals surface area contributed by atoms with Gasteiger partial charge in [0.25, 0.3) is 0 Å². The molecule has 5 saturated heterocycles. The number of carbonyl (C=O) groups excluding carboxylic acids is 3. The molecular weight excluding hydrogens is 1070 g/mol. The van der Waals surface area contributed by atoms with E-state index in [1.54, 1.807) is 48.5 Å². The van der Waals surface area contributed by atoms with Crippen molar-refractivity contribution >= 4 is 18.1 Å². The Kier molecular flexibility index (Phi) is 19.0. The maximum Gasteiger partial charge on any atom is 0.315 e. The molecular formula is C65H78N6O13. The third-order valence-corrected chi connectivity index (χ3v) is 15.7. The number of aryl methyl sites for hydroxylation is 2. The lowest BCUT2D eigenvalue weighted by molar-refractivity contribution is -0.151.